The van der Waals surface area contributed by atoms with Crippen LogP contribution in [0, 0.1) is 0 Å². The summed E-state index contributed by atoms with van der Waals surface area (Å²) >= 11 is 0. The Morgan fingerprint density at radius 3 is 0.604 bits per heavy atom. The molecule has 0 aliphatic rings. The first kappa shape index (κ1) is 36.9. The highest BCUT2D eigenvalue weighted by atomic mass is 15.1. The molecule has 0 heterocycles. The van der Waals surface area contributed by atoms with Crippen LogP contribution in [0.25, 0.3) is 0 Å². The fourth-order valence-corrected chi connectivity index (χ4v) is 7.41. The lowest BCUT2D eigenvalue weighted by molar-refractivity contribution is 0.612. The van der Waals surface area contributed by atoms with E-state index >= 15 is 0 Å². The van der Waals surface area contributed by atoms with Crippen molar-refractivity contribution in [2.24, 2.45) is 0 Å². The van der Waals surface area contributed by atoms with E-state index in [1.54, 1.807) is 0 Å². The SMILES string of the molecule is CCN(CC)c1ccc(C(CCC(c2ccc(N(CC)CC)cc2)c2ccc(N(CC)CC)cc2)c2ccc(N(CC)CC)cc2)cc1. The molecule has 4 heteroatoms. The predicted octanol–water partition coefficient (Wildman–Crippen LogP) is 10.8. The van der Waals surface area contributed by atoms with Crippen LogP contribution in [0.5, 0.6) is 0 Å². The van der Waals surface area contributed by atoms with Gasteiger partial charge < -0.3 is 19.6 Å². The first-order valence-corrected chi connectivity index (χ1v) is 18.8. The Morgan fingerprint density at radius 1 is 0.292 bits per heavy atom. The number of nitrogens with zero attached hydrogens (tertiary/aromatic N) is 4. The molecule has 0 amide bonds. The standard InChI is InChI=1S/C44H62N4/c1-9-45(10-2)39-25-17-35(18-26-39)43(36-19-27-40(28-20-36)46(11-3)12-4)33-34-44(37-21-29-41(30-22-37)47(13-5)14-6)38-23-31-42(32-24-38)48(15-7)16-8/h17-32,43-44H,9-16,33-34H2,1-8H3. The zero-order valence-corrected chi connectivity index (χ0v) is 31.3. The number of benzene rings is 4. The maximum absolute atomic E-state index is 2.43. The van der Waals surface area contributed by atoms with E-state index < -0.39 is 0 Å². The fourth-order valence-electron chi connectivity index (χ4n) is 7.41. The highest BCUT2D eigenvalue weighted by Crippen LogP contribution is 2.38. The molecule has 0 atom stereocenters. The quantitative estimate of drug-likeness (QED) is 0.100. The Kier molecular flexibility index (Phi) is 14.3. The third-order valence-electron chi connectivity index (χ3n) is 10.4. The molecule has 0 aliphatic carbocycles. The molecule has 4 rings (SSSR count). The van der Waals surface area contributed by atoms with Gasteiger partial charge in [-0.25, -0.2) is 0 Å². The van der Waals surface area contributed by atoms with Crippen LogP contribution in [-0.2, 0) is 0 Å². The summed E-state index contributed by atoms with van der Waals surface area (Å²) < 4.78 is 0. The topological polar surface area (TPSA) is 13.0 Å². The number of anilines is 4. The van der Waals surface area contributed by atoms with E-state index in [4.69, 9.17) is 0 Å². The van der Waals surface area contributed by atoms with Crippen molar-refractivity contribution < 1.29 is 0 Å². The van der Waals surface area contributed by atoms with E-state index in [-0.39, 0.29) is 0 Å². The van der Waals surface area contributed by atoms with Crippen molar-refractivity contribution in [1.82, 2.24) is 0 Å². The molecule has 4 nitrogen and oxygen atoms in total. The van der Waals surface area contributed by atoms with Crippen LogP contribution in [0.2, 0.25) is 0 Å². The fraction of sp³-hybridized carbons (Fsp3) is 0.455. The second kappa shape index (κ2) is 18.6. The van der Waals surface area contributed by atoms with E-state index in [9.17, 15) is 0 Å². The minimum atomic E-state index is 0.314. The highest BCUT2D eigenvalue weighted by Gasteiger charge is 2.21. The minimum Gasteiger partial charge on any atom is -0.372 e. The summed E-state index contributed by atoms with van der Waals surface area (Å²) in [5.74, 6) is 0.628. The van der Waals surface area contributed by atoms with Crippen LogP contribution in [0.15, 0.2) is 97.1 Å². The molecule has 0 aromatic heterocycles. The molecule has 0 N–H and O–H groups in total. The summed E-state index contributed by atoms with van der Waals surface area (Å²) in [6.07, 6.45) is 2.13. The van der Waals surface area contributed by atoms with E-state index in [0.29, 0.717) is 11.8 Å². The summed E-state index contributed by atoms with van der Waals surface area (Å²) in [5.41, 5.74) is 10.8. The lowest BCUT2D eigenvalue weighted by Crippen LogP contribution is -2.22. The number of hydrogen-bond donors (Lipinski definition) is 0. The second-order valence-corrected chi connectivity index (χ2v) is 12.7. The number of rotatable bonds is 19. The van der Waals surface area contributed by atoms with Crippen LogP contribution < -0.4 is 19.6 Å². The molecule has 0 spiro atoms. The van der Waals surface area contributed by atoms with Gasteiger partial charge in [-0.2, -0.15) is 0 Å². The lowest BCUT2D eigenvalue weighted by Gasteiger charge is -2.27. The molecule has 4 aromatic carbocycles. The number of hydrogen-bond acceptors (Lipinski definition) is 4. The van der Waals surface area contributed by atoms with Crippen LogP contribution in [0.3, 0.4) is 0 Å². The average molecular weight is 647 g/mol. The monoisotopic (exact) mass is 646 g/mol. The van der Waals surface area contributed by atoms with Crippen molar-refractivity contribution >= 4 is 22.7 Å². The van der Waals surface area contributed by atoms with Gasteiger partial charge in [0.25, 0.3) is 0 Å². The molecule has 0 saturated carbocycles. The van der Waals surface area contributed by atoms with Gasteiger partial charge in [0.2, 0.25) is 0 Å². The zero-order chi connectivity index (χ0) is 34.5. The van der Waals surface area contributed by atoms with Gasteiger partial charge in [0.1, 0.15) is 0 Å². The van der Waals surface area contributed by atoms with Gasteiger partial charge in [0.15, 0.2) is 0 Å². The van der Waals surface area contributed by atoms with E-state index in [1.165, 1.54) is 45.0 Å². The molecule has 258 valence electrons. The molecule has 0 radical (unpaired) electrons. The molecule has 48 heavy (non-hydrogen) atoms. The maximum Gasteiger partial charge on any atom is 0.0366 e. The lowest BCUT2D eigenvalue weighted by atomic mass is 9.81. The van der Waals surface area contributed by atoms with E-state index in [2.05, 4.69) is 172 Å². The van der Waals surface area contributed by atoms with E-state index in [0.717, 1.165) is 65.2 Å². The summed E-state index contributed by atoms with van der Waals surface area (Å²) in [7, 11) is 0. The average Bonchev–Trinajstić information content (AvgIpc) is 3.14. The van der Waals surface area contributed by atoms with Gasteiger partial charge in [0, 0.05) is 86.9 Å². The second-order valence-electron chi connectivity index (χ2n) is 12.7. The Hall–Kier alpha value is -3.92. The van der Waals surface area contributed by atoms with Crippen molar-refractivity contribution in [2.45, 2.75) is 80.1 Å². The summed E-state index contributed by atoms with van der Waals surface area (Å²) in [5, 5.41) is 0. The van der Waals surface area contributed by atoms with Gasteiger partial charge in [-0.1, -0.05) is 48.5 Å². The van der Waals surface area contributed by atoms with Crippen molar-refractivity contribution in [3.63, 3.8) is 0 Å². The Bertz CT molecular complexity index is 1220. The molecular weight excluding hydrogens is 585 g/mol. The first-order chi connectivity index (χ1) is 23.4. The maximum atomic E-state index is 2.43. The predicted molar refractivity (Wildman–Crippen MR) is 213 cm³/mol. The van der Waals surface area contributed by atoms with E-state index in [1.807, 2.05) is 0 Å². The Morgan fingerprint density at radius 2 is 0.458 bits per heavy atom. The van der Waals surface area contributed by atoms with Crippen molar-refractivity contribution in [1.29, 1.82) is 0 Å². The molecular formula is C44H62N4. The molecule has 0 bridgehead atoms. The minimum absolute atomic E-state index is 0.314. The third-order valence-corrected chi connectivity index (χ3v) is 10.4. The van der Waals surface area contributed by atoms with Crippen molar-refractivity contribution in [3.8, 4) is 0 Å². The molecule has 0 saturated heterocycles. The highest BCUT2D eigenvalue weighted by molar-refractivity contribution is 5.53. The summed E-state index contributed by atoms with van der Waals surface area (Å²) in [4.78, 5) is 9.71. The normalized spacial score (nSPS) is 11.3. The third kappa shape index (κ3) is 8.95. The Balaban J connectivity index is 1.72. The molecule has 4 aromatic rings. The van der Waals surface area contributed by atoms with Gasteiger partial charge in [0.05, 0.1) is 0 Å². The summed E-state index contributed by atoms with van der Waals surface area (Å²) in [6.45, 7) is 26.1. The molecule has 0 fully saturated rings. The van der Waals surface area contributed by atoms with Gasteiger partial charge in [-0.3, -0.25) is 0 Å². The Labute approximate surface area is 293 Å². The van der Waals surface area contributed by atoms with Crippen LogP contribution in [0.1, 0.15) is 102 Å². The van der Waals surface area contributed by atoms with Gasteiger partial charge >= 0.3 is 0 Å². The zero-order valence-electron chi connectivity index (χ0n) is 31.3. The first-order valence-electron chi connectivity index (χ1n) is 18.8. The smallest absolute Gasteiger partial charge is 0.0366 e. The molecule has 0 aliphatic heterocycles. The van der Waals surface area contributed by atoms with Gasteiger partial charge in [-0.15, -0.1) is 0 Å². The van der Waals surface area contributed by atoms with Crippen LogP contribution in [-0.4, -0.2) is 52.4 Å². The largest absolute Gasteiger partial charge is 0.372 e. The van der Waals surface area contributed by atoms with Crippen molar-refractivity contribution in [2.75, 3.05) is 72.0 Å². The molecule has 0 unspecified atom stereocenters. The van der Waals surface area contributed by atoms with Crippen LogP contribution in [0.4, 0.5) is 22.7 Å². The van der Waals surface area contributed by atoms with Gasteiger partial charge in [-0.05, 0) is 139 Å². The van der Waals surface area contributed by atoms with Crippen LogP contribution >= 0.6 is 0 Å². The van der Waals surface area contributed by atoms with Crippen molar-refractivity contribution in [3.05, 3.63) is 119 Å². The summed E-state index contributed by atoms with van der Waals surface area (Å²) in [6, 6.07) is 37.7.